The quantitative estimate of drug-likeness (QED) is 0.882. The summed E-state index contributed by atoms with van der Waals surface area (Å²) in [6.07, 6.45) is 3.33. The van der Waals surface area contributed by atoms with Crippen molar-refractivity contribution in [3.63, 3.8) is 0 Å². The number of hydrogen-bond donors (Lipinski definition) is 2. The third-order valence-corrected chi connectivity index (χ3v) is 3.77. The van der Waals surface area contributed by atoms with E-state index >= 15 is 0 Å². The first-order chi connectivity index (χ1) is 8.01. The Morgan fingerprint density at radius 3 is 2.65 bits per heavy atom. The zero-order chi connectivity index (χ0) is 12.5. The molecule has 1 fully saturated rings. The SMILES string of the molecule is NC1(C(=O)Nc2ccc(Br)c(F)c2)CCCC1. The molecular weight excluding hydrogens is 287 g/mol. The Bertz CT molecular complexity index is 444. The Morgan fingerprint density at radius 1 is 1.41 bits per heavy atom. The van der Waals surface area contributed by atoms with Gasteiger partial charge in [-0.05, 0) is 47.0 Å². The highest BCUT2D eigenvalue weighted by molar-refractivity contribution is 9.10. The van der Waals surface area contributed by atoms with Crippen LogP contribution in [0.15, 0.2) is 22.7 Å². The second kappa shape index (κ2) is 4.74. The average molecular weight is 301 g/mol. The molecule has 0 unspecified atom stereocenters. The molecule has 0 aromatic heterocycles. The van der Waals surface area contributed by atoms with Crippen molar-refractivity contribution in [2.75, 3.05) is 5.32 Å². The summed E-state index contributed by atoms with van der Waals surface area (Å²) in [6, 6.07) is 4.48. The molecule has 0 saturated heterocycles. The summed E-state index contributed by atoms with van der Waals surface area (Å²) in [5.41, 5.74) is 5.65. The second-order valence-corrected chi connectivity index (χ2v) is 5.30. The van der Waals surface area contributed by atoms with Gasteiger partial charge in [-0.2, -0.15) is 0 Å². The Kier molecular flexibility index (Phi) is 3.49. The molecule has 0 atom stereocenters. The van der Waals surface area contributed by atoms with Crippen LogP contribution in [0.4, 0.5) is 10.1 Å². The molecule has 0 radical (unpaired) electrons. The van der Waals surface area contributed by atoms with Crippen LogP contribution >= 0.6 is 15.9 Å². The van der Waals surface area contributed by atoms with E-state index in [0.717, 1.165) is 12.8 Å². The van der Waals surface area contributed by atoms with E-state index in [0.29, 0.717) is 23.0 Å². The van der Waals surface area contributed by atoms with Gasteiger partial charge < -0.3 is 11.1 Å². The largest absolute Gasteiger partial charge is 0.324 e. The monoisotopic (exact) mass is 300 g/mol. The third-order valence-electron chi connectivity index (χ3n) is 3.13. The van der Waals surface area contributed by atoms with Gasteiger partial charge in [0.2, 0.25) is 5.91 Å². The lowest BCUT2D eigenvalue weighted by Crippen LogP contribution is -2.48. The number of nitrogens with two attached hydrogens (primary N) is 1. The first-order valence-corrected chi connectivity index (χ1v) is 6.36. The summed E-state index contributed by atoms with van der Waals surface area (Å²) < 4.78 is 13.6. The van der Waals surface area contributed by atoms with Crippen molar-refractivity contribution >= 4 is 27.5 Å². The minimum Gasteiger partial charge on any atom is -0.324 e. The van der Waals surface area contributed by atoms with Gasteiger partial charge in [0.25, 0.3) is 0 Å². The van der Waals surface area contributed by atoms with Crippen molar-refractivity contribution in [3.05, 3.63) is 28.5 Å². The van der Waals surface area contributed by atoms with Crippen LogP contribution in [-0.4, -0.2) is 11.4 Å². The Labute approximate surface area is 108 Å². The Morgan fingerprint density at radius 2 is 2.06 bits per heavy atom. The molecule has 0 bridgehead atoms. The van der Waals surface area contributed by atoms with E-state index in [-0.39, 0.29) is 5.91 Å². The van der Waals surface area contributed by atoms with Crippen LogP contribution in [0.3, 0.4) is 0 Å². The van der Waals surface area contributed by atoms with Crippen LogP contribution < -0.4 is 11.1 Å². The van der Waals surface area contributed by atoms with E-state index in [1.807, 2.05) is 0 Å². The fourth-order valence-corrected chi connectivity index (χ4v) is 2.31. The third kappa shape index (κ3) is 2.66. The number of halogens is 2. The lowest BCUT2D eigenvalue weighted by Gasteiger charge is -2.22. The van der Waals surface area contributed by atoms with Crippen LogP contribution in [0.5, 0.6) is 0 Å². The van der Waals surface area contributed by atoms with E-state index in [1.165, 1.54) is 6.07 Å². The Hall–Kier alpha value is -0.940. The first kappa shape index (κ1) is 12.5. The standard InChI is InChI=1S/C12H14BrFN2O/c13-9-4-3-8(7-10(9)14)16-11(17)12(15)5-1-2-6-12/h3-4,7H,1-2,5-6,15H2,(H,16,17). The molecule has 1 aromatic rings. The molecule has 1 amide bonds. The number of amides is 1. The zero-order valence-corrected chi connectivity index (χ0v) is 10.9. The number of benzene rings is 1. The summed E-state index contributed by atoms with van der Waals surface area (Å²) in [4.78, 5) is 12.0. The average Bonchev–Trinajstić information content (AvgIpc) is 2.72. The van der Waals surface area contributed by atoms with Gasteiger partial charge in [0.1, 0.15) is 5.82 Å². The van der Waals surface area contributed by atoms with E-state index in [2.05, 4.69) is 21.2 Å². The minimum atomic E-state index is -0.788. The zero-order valence-electron chi connectivity index (χ0n) is 9.30. The second-order valence-electron chi connectivity index (χ2n) is 4.45. The van der Waals surface area contributed by atoms with Gasteiger partial charge in [0, 0.05) is 5.69 Å². The van der Waals surface area contributed by atoms with E-state index < -0.39 is 11.4 Å². The Balaban J connectivity index is 2.10. The van der Waals surface area contributed by atoms with E-state index in [9.17, 15) is 9.18 Å². The van der Waals surface area contributed by atoms with Gasteiger partial charge in [-0.3, -0.25) is 4.79 Å². The summed E-state index contributed by atoms with van der Waals surface area (Å²) in [5, 5.41) is 2.67. The van der Waals surface area contributed by atoms with Crippen LogP contribution in [0.25, 0.3) is 0 Å². The van der Waals surface area contributed by atoms with Gasteiger partial charge in [-0.25, -0.2) is 4.39 Å². The summed E-state index contributed by atoms with van der Waals surface area (Å²) >= 11 is 3.06. The van der Waals surface area contributed by atoms with Gasteiger partial charge in [-0.15, -0.1) is 0 Å². The van der Waals surface area contributed by atoms with E-state index in [4.69, 9.17) is 5.73 Å². The van der Waals surface area contributed by atoms with Crippen LogP contribution in [0.1, 0.15) is 25.7 Å². The van der Waals surface area contributed by atoms with Crippen LogP contribution in [0.2, 0.25) is 0 Å². The fraction of sp³-hybridized carbons (Fsp3) is 0.417. The smallest absolute Gasteiger partial charge is 0.244 e. The van der Waals surface area contributed by atoms with Gasteiger partial charge in [0.05, 0.1) is 10.0 Å². The number of carbonyl (C=O) groups is 1. The van der Waals surface area contributed by atoms with Crippen molar-refractivity contribution in [1.82, 2.24) is 0 Å². The maximum atomic E-state index is 13.3. The molecule has 5 heteroatoms. The predicted molar refractivity (Wildman–Crippen MR) is 68.1 cm³/mol. The highest BCUT2D eigenvalue weighted by Crippen LogP contribution is 2.29. The molecule has 92 valence electrons. The molecule has 2 rings (SSSR count). The highest BCUT2D eigenvalue weighted by Gasteiger charge is 2.36. The molecule has 3 N–H and O–H groups in total. The molecule has 3 nitrogen and oxygen atoms in total. The molecule has 1 aliphatic rings. The molecule has 1 aromatic carbocycles. The van der Waals surface area contributed by atoms with E-state index in [1.54, 1.807) is 12.1 Å². The van der Waals surface area contributed by atoms with Crippen molar-refractivity contribution in [1.29, 1.82) is 0 Å². The van der Waals surface area contributed by atoms with Crippen molar-refractivity contribution in [3.8, 4) is 0 Å². The fourth-order valence-electron chi connectivity index (χ4n) is 2.06. The topological polar surface area (TPSA) is 55.1 Å². The van der Waals surface area contributed by atoms with Gasteiger partial charge in [-0.1, -0.05) is 12.8 Å². The van der Waals surface area contributed by atoms with Crippen molar-refractivity contribution < 1.29 is 9.18 Å². The van der Waals surface area contributed by atoms with Gasteiger partial charge in [0.15, 0.2) is 0 Å². The first-order valence-electron chi connectivity index (χ1n) is 5.57. The molecule has 0 spiro atoms. The number of hydrogen-bond acceptors (Lipinski definition) is 2. The summed E-state index contributed by atoms with van der Waals surface area (Å²) in [6.45, 7) is 0. The number of rotatable bonds is 2. The lowest BCUT2D eigenvalue weighted by molar-refractivity contribution is -0.121. The maximum absolute atomic E-state index is 13.3. The van der Waals surface area contributed by atoms with Crippen LogP contribution in [0, 0.1) is 5.82 Å². The molecule has 0 heterocycles. The lowest BCUT2D eigenvalue weighted by atomic mass is 9.98. The normalized spacial score (nSPS) is 18.1. The molecular formula is C12H14BrFN2O. The van der Waals surface area contributed by atoms with Crippen LogP contribution in [-0.2, 0) is 4.79 Å². The summed E-state index contributed by atoms with van der Waals surface area (Å²) in [7, 11) is 0. The highest BCUT2D eigenvalue weighted by atomic mass is 79.9. The van der Waals surface area contributed by atoms with Gasteiger partial charge >= 0.3 is 0 Å². The molecule has 1 saturated carbocycles. The number of carbonyl (C=O) groups excluding carboxylic acids is 1. The molecule has 17 heavy (non-hydrogen) atoms. The van der Waals surface area contributed by atoms with Crippen molar-refractivity contribution in [2.45, 2.75) is 31.2 Å². The van der Waals surface area contributed by atoms with Crippen molar-refractivity contribution in [2.24, 2.45) is 5.73 Å². The molecule has 1 aliphatic carbocycles. The molecule has 0 aliphatic heterocycles. The number of nitrogens with one attached hydrogen (secondary N) is 1. The maximum Gasteiger partial charge on any atom is 0.244 e. The summed E-state index contributed by atoms with van der Waals surface area (Å²) in [5.74, 6) is -0.628. The predicted octanol–water partition coefficient (Wildman–Crippen LogP) is 2.80. The minimum absolute atomic E-state index is 0.225. The number of anilines is 1.